The van der Waals surface area contributed by atoms with Crippen LogP contribution in [0.1, 0.15) is 26.8 Å². The number of nitrogens with zero attached hydrogens (tertiary/aromatic N) is 3. The molecule has 0 radical (unpaired) electrons. The molecule has 1 aliphatic rings. The zero-order valence-corrected chi connectivity index (χ0v) is 14.9. The van der Waals surface area contributed by atoms with Gasteiger partial charge in [-0.2, -0.15) is 5.10 Å². The van der Waals surface area contributed by atoms with Gasteiger partial charge in [0.25, 0.3) is 5.91 Å². The van der Waals surface area contributed by atoms with E-state index in [0.29, 0.717) is 18.8 Å². The van der Waals surface area contributed by atoms with E-state index >= 15 is 0 Å². The van der Waals surface area contributed by atoms with Gasteiger partial charge in [0.05, 0.1) is 6.54 Å². The van der Waals surface area contributed by atoms with Crippen LogP contribution in [0.3, 0.4) is 0 Å². The summed E-state index contributed by atoms with van der Waals surface area (Å²) in [6, 6.07) is 9.88. The van der Waals surface area contributed by atoms with E-state index in [1.165, 1.54) is 11.3 Å². The minimum absolute atomic E-state index is 0. The lowest BCUT2D eigenvalue weighted by molar-refractivity contribution is 0.0944. The van der Waals surface area contributed by atoms with Gasteiger partial charge in [-0.3, -0.25) is 9.89 Å². The lowest BCUT2D eigenvalue weighted by atomic mass is 10.1. The molecule has 0 atom stereocenters. The zero-order valence-electron chi connectivity index (χ0n) is 13.3. The Morgan fingerprint density at radius 1 is 1.24 bits per heavy atom. The Kier molecular flexibility index (Phi) is 5.42. The molecule has 3 aromatic rings. The van der Waals surface area contributed by atoms with Crippen LogP contribution in [0.25, 0.3) is 10.6 Å². The number of hydrogen-bond donors (Lipinski definition) is 3. The highest BCUT2D eigenvalue weighted by molar-refractivity contribution is 7.14. The highest BCUT2D eigenvalue weighted by atomic mass is 35.5. The molecule has 0 saturated carbocycles. The smallest absolute Gasteiger partial charge is 0.272 e. The summed E-state index contributed by atoms with van der Waals surface area (Å²) >= 11 is 1.48. The van der Waals surface area contributed by atoms with E-state index in [1.54, 1.807) is 0 Å². The van der Waals surface area contributed by atoms with Gasteiger partial charge in [0, 0.05) is 36.3 Å². The van der Waals surface area contributed by atoms with E-state index in [9.17, 15) is 4.79 Å². The summed E-state index contributed by atoms with van der Waals surface area (Å²) in [6.07, 6.45) is 0.868. The van der Waals surface area contributed by atoms with E-state index in [1.807, 2.05) is 30.3 Å². The van der Waals surface area contributed by atoms with E-state index in [-0.39, 0.29) is 18.3 Å². The summed E-state index contributed by atoms with van der Waals surface area (Å²) in [5.74, 6) is -0.187. The summed E-state index contributed by atoms with van der Waals surface area (Å²) in [6.45, 7) is 1.92. The van der Waals surface area contributed by atoms with Gasteiger partial charge in [0.2, 0.25) is 0 Å². The molecule has 0 unspecified atom stereocenters. The van der Waals surface area contributed by atoms with Crippen molar-refractivity contribution in [3.63, 3.8) is 0 Å². The maximum atomic E-state index is 12.4. The molecule has 2 aromatic heterocycles. The first kappa shape index (κ1) is 17.5. The van der Waals surface area contributed by atoms with Crippen LogP contribution in [0.4, 0.5) is 0 Å². The van der Waals surface area contributed by atoms with E-state index in [0.717, 1.165) is 39.8 Å². The molecule has 0 saturated heterocycles. The Bertz CT molecular complexity index is 863. The number of halogens is 1. The molecule has 3 heterocycles. The van der Waals surface area contributed by atoms with Crippen LogP contribution in [-0.4, -0.2) is 32.8 Å². The zero-order chi connectivity index (χ0) is 16.4. The first-order chi connectivity index (χ1) is 11.8. The fourth-order valence-electron chi connectivity index (χ4n) is 2.68. The Morgan fingerprint density at radius 2 is 2.08 bits per heavy atom. The average Bonchev–Trinajstić information content (AvgIpc) is 3.27. The maximum absolute atomic E-state index is 12.4. The quantitative estimate of drug-likeness (QED) is 0.646. The molecule has 1 aliphatic heterocycles. The fourth-order valence-corrected chi connectivity index (χ4v) is 3.46. The fraction of sp³-hybridized carbons (Fsp3) is 0.250. The number of rotatable bonds is 4. The number of hydrogen-bond acceptors (Lipinski definition) is 6. The minimum atomic E-state index is -0.187. The monoisotopic (exact) mass is 376 g/mol. The van der Waals surface area contributed by atoms with Crippen LogP contribution in [0.15, 0.2) is 30.3 Å². The Balaban J connectivity index is 0.00000182. The number of aromatic nitrogens is 4. The molecule has 0 fully saturated rings. The van der Waals surface area contributed by atoms with Crippen LogP contribution in [-0.2, 0) is 19.5 Å². The third-order valence-corrected chi connectivity index (χ3v) is 4.88. The van der Waals surface area contributed by atoms with Crippen molar-refractivity contribution in [1.82, 2.24) is 31.0 Å². The molecule has 25 heavy (non-hydrogen) atoms. The van der Waals surface area contributed by atoms with Gasteiger partial charge < -0.3 is 10.6 Å². The molecular formula is C16H17ClN6OS. The van der Waals surface area contributed by atoms with Crippen molar-refractivity contribution in [1.29, 1.82) is 0 Å². The molecule has 130 valence electrons. The van der Waals surface area contributed by atoms with Gasteiger partial charge in [-0.05, 0) is 0 Å². The number of benzene rings is 1. The minimum Gasteiger partial charge on any atom is -0.344 e. The summed E-state index contributed by atoms with van der Waals surface area (Å²) < 4.78 is 0. The van der Waals surface area contributed by atoms with Gasteiger partial charge in [0.15, 0.2) is 5.69 Å². The molecule has 1 aromatic carbocycles. The summed E-state index contributed by atoms with van der Waals surface area (Å²) in [5, 5.41) is 23.2. The van der Waals surface area contributed by atoms with Crippen LogP contribution < -0.4 is 10.6 Å². The van der Waals surface area contributed by atoms with Crippen molar-refractivity contribution in [2.45, 2.75) is 19.5 Å². The number of aromatic amines is 1. The van der Waals surface area contributed by atoms with Gasteiger partial charge >= 0.3 is 0 Å². The Morgan fingerprint density at radius 3 is 2.92 bits per heavy atom. The van der Waals surface area contributed by atoms with Gasteiger partial charge in [-0.15, -0.1) is 22.6 Å². The van der Waals surface area contributed by atoms with Crippen molar-refractivity contribution in [3.8, 4) is 10.6 Å². The highest BCUT2D eigenvalue weighted by Gasteiger charge is 2.21. The summed E-state index contributed by atoms with van der Waals surface area (Å²) in [7, 11) is 0. The Hall–Kier alpha value is -2.29. The largest absolute Gasteiger partial charge is 0.344 e. The second-order valence-electron chi connectivity index (χ2n) is 5.51. The lowest BCUT2D eigenvalue weighted by Crippen LogP contribution is -2.28. The number of nitrogens with one attached hydrogen (secondary N) is 3. The average molecular weight is 377 g/mol. The molecule has 0 bridgehead atoms. The predicted molar refractivity (Wildman–Crippen MR) is 97.8 cm³/mol. The summed E-state index contributed by atoms with van der Waals surface area (Å²) in [4.78, 5) is 12.4. The van der Waals surface area contributed by atoms with Crippen molar-refractivity contribution >= 4 is 29.7 Å². The number of carbonyl (C=O) groups is 1. The standard InChI is InChI=1S/C16H16N6OS.ClH/c23-15(14-11-8-17-7-6-12(11)19-21-14)18-9-13-20-22-16(24-13)10-4-2-1-3-5-10;/h1-5,17H,6-9H2,(H,18,23)(H,19,21);1H. The van der Waals surface area contributed by atoms with E-state index in [4.69, 9.17) is 0 Å². The van der Waals surface area contributed by atoms with Crippen LogP contribution >= 0.6 is 23.7 Å². The Labute approximate surface area is 154 Å². The van der Waals surface area contributed by atoms with Gasteiger partial charge in [-0.25, -0.2) is 0 Å². The molecule has 7 nitrogen and oxygen atoms in total. The molecular weight excluding hydrogens is 360 g/mol. The molecule has 1 amide bonds. The number of H-pyrrole nitrogens is 1. The third-order valence-electron chi connectivity index (χ3n) is 3.91. The first-order valence-corrected chi connectivity index (χ1v) is 8.56. The summed E-state index contributed by atoms with van der Waals surface area (Å²) in [5.41, 5.74) is 3.49. The number of carbonyl (C=O) groups excluding carboxylic acids is 1. The van der Waals surface area contributed by atoms with Crippen molar-refractivity contribution in [2.75, 3.05) is 6.54 Å². The first-order valence-electron chi connectivity index (χ1n) is 7.74. The van der Waals surface area contributed by atoms with Crippen molar-refractivity contribution in [3.05, 3.63) is 52.3 Å². The lowest BCUT2D eigenvalue weighted by Gasteiger charge is -2.12. The second kappa shape index (κ2) is 7.73. The van der Waals surface area contributed by atoms with Crippen molar-refractivity contribution in [2.24, 2.45) is 0 Å². The molecule has 3 N–H and O–H groups in total. The SMILES string of the molecule is Cl.O=C(NCc1nnc(-c2ccccc2)s1)c1n[nH]c2c1CNCC2. The normalized spacial score (nSPS) is 13.0. The van der Waals surface area contributed by atoms with Crippen LogP contribution in [0, 0.1) is 0 Å². The van der Waals surface area contributed by atoms with Crippen molar-refractivity contribution < 1.29 is 4.79 Å². The molecule has 0 spiro atoms. The second-order valence-corrected chi connectivity index (χ2v) is 6.57. The predicted octanol–water partition coefficient (Wildman–Crippen LogP) is 1.93. The number of amides is 1. The van der Waals surface area contributed by atoms with E-state index in [2.05, 4.69) is 31.0 Å². The molecule has 0 aliphatic carbocycles. The van der Waals surface area contributed by atoms with Crippen LogP contribution in [0.5, 0.6) is 0 Å². The molecule has 4 rings (SSSR count). The van der Waals surface area contributed by atoms with Gasteiger partial charge in [-0.1, -0.05) is 41.7 Å². The third kappa shape index (κ3) is 3.71. The van der Waals surface area contributed by atoms with Crippen LogP contribution in [0.2, 0.25) is 0 Å². The number of fused-ring (bicyclic) bond motifs is 1. The topological polar surface area (TPSA) is 95.6 Å². The van der Waals surface area contributed by atoms with E-state index < -0.39 is 0 Å². The van der Waals surface area contributed by atoms with Gasteiger partial charge in [0.1, 0.15) is 10.0 Å². The molecule has 9 heteroatoms. The maximum Gasteiger partial charge on any atom is 0.272 e. The highest BCUT2D eigenvalue weighted by Crippen LogP contribution is 2.23.